The average molecular weight is 554 g/mol. The molecule has 0 spiro atoms. The molecule has 1 aliphatic rings. The first-order valence-corrected chi connectivity index (χ1v) is 14.2. The molecule has 0 amide bonds. The summed E-state index contributed by atoms with van der Waals surface area (Å²) in [7, 11) is 1.63. The van der Waals surface area contributed by atoms with Gasteiger partial charge in [0.2, 0.25) is 0 Å². The lowest BCUT2D eigenvalue weighted by atomic mass is 9.96. The Morgan fingerprint density at radius 1 is 0.902 bits per heavy atom. The van der Waals surface area contributed by atoms with E-state index in [1.54, 1.807) is 14.0 Å². The molecule has 3 aromatic carbocycles. The summed E-state index contributed by atoms with van der Waals surface area (Å²) in [4.78, 5) is 4.77. The van der Waals surface area contributed by atoms with Crippen LogP contribution in [0.4, 0.5) is 0 Å². The summed E-state index contributed by atoms with van der Waals surface area (Å²) >= 11 is 0. The Hall–Kier alpha value is -3.75. The minimum atomic E-state index is -0.677. The fraction of sp³-hybridized carbons (Fsp3) is 0.324. The summed E-state index contributed by atoms with van der Waals surface area (Å²) in [6.07, 6.45) is 0.790. The van der Waals surface area contributed by atoms with E-state index in [0.29, 0.717) is 12.4 Å². The first-order chi connectivity index (χ1) is 20.0. The summed E-state index contributed by atoms with van der Waals surface area (Å²) in [5, 5.41) is 14.9. The van der Waals surface area contributed by atoms with E-state index in [1.807, 2.05) is 43.3 Å². The Bertz CT molecular complexity index is 1360. The number of aromatic nitrogens is 1. The highest BCUT2D eigenvalue weighted by atomic mass is 16.5. The first-order valence-electron chi connectivity index (χ1n) is 14.2. The molecular formula is C34H39N3O4. The summed E-state index contributed by atoms with van der Waals surface area (Å²) in [6.45, 7) is 7.49. The van der Waals surface area contributed by atoms with Gasteiger partial charge in [0, 0.05) is 44.9 Å². The molecule has 1 saturated heterocycles. The van der Waals surface area contributed by atoms with E-state index < -0.39 is 12.3 Å². The van der Waals surface area contributed by atoms with Gasteiger partial charge in [0.05, 0.1) is 12.6 Å². The highest BCUT2D eigenvalue weighted by Gasteiger charge is 2.32. The Morgan fingerprint density at radius 2 is 1.49 bits per heavy atom. The number of aliphatic hydroxyl groups is 1. The zero-order chi connectivity index (χ0) is 28.6. The normalized spacial score (nSPS) is 16.6. The molecule has 2 heterocycles. The maximum atomic E-state index is 10.8. The second kappa shape index (κ2) is 13.7. The van der Waals surface area contributed by atoms with E-state index in [0.717, 1.165) is 48.8 Å². The highest BCUT2D eigenvalue weighted by molar-refractivity contribution is 5.81. The van der Waals surface area contributed by atoms with Crippen molar-refractivity contribution < 1.29 is 19.1 Å². The molecule has 2 unspecified atom stereocenters. The fourth-order valence-corrected chi connectivity index (χ4v) is 5.54. The Labute approximate surface area is 242 Å². The van der Waals surface area contributed by atoms with Crippen LogP contribution in [0.5, 0.6) is 5.75 Å². The molecule has 5 rings (SSSR count). The van der Waals surface area contributed by atoms with Crippen molar-refractivity contribution in [2.24, 2.45) is 0 Å². The number of benzene rings is 3. The molecule has 0 radical (unpaired) electrons. The number of hydrogen-bond acceptors (Lipinski definition) is 7. The van der Waals surface area contributed by atoms with Gasteiger partial charge in [-0.3, -0.25) is 9.80 Å². The van der Waals surface area contributed by atoms with Crippen molar-refractivity contribution >= 4 is 11.6 Å². The van der Waals surface area contributed by atoms with Gasteiger partial charge in [0.15, 0.2) is 12.0 Å². The van der Waals surface area contributed by atoms with Crippen LogP contribution in [0, 0.1) is 0 Å². The molecule has 1 aliphatic heterocycles. The van der Waals surface area contributed by atoms with E-state index in [1.165, 1.54) is 11.1 Å². The van der Waals surface area contributed by atoms with Crippen LogP contribution in [-0.4, -0.2) is 65.7 Å². The average Bonchev–Trinajstić information content (AvgIpc) is 3.44. The van der Waals surface area contributed by atoms with Crippen LogP contribution in [0.3, 0.4) is 0 Å². The minimum Gasteiger partial charge on any atom is -0.472 e. The topological polar surface area (TPSA) is 71.2 Å². The van der Waals surface area contributed by atoms with E-state index in [9.17, 15) is 5.11 Å². The second-order valence-corrected chi connectivity index (χ2v) is 10.5. The molecule has 41 heavy (non-hydrogen) atoms. The Balaban J connectivity index is 1.31. The van der Waals surface area contributed by atoms with Crippen molar-refractivity contribution in [2.75, 3.05) is 33.3 Å². The van der Waals surface area contributed by atoms with Crippen molar-refractivity contribution in [3.8, 4) is 5.75 Å². The molecule has 7 heteroatoms. The molecule has 1 aromatic heterocycles. The van der Waals surface area contributed by atoms with Gasteiger partial charge in [-0.05, 0) is 42.7 Å². The highest BCUT2D eigenvalue weighted by Crippen LogP contribution is 2.32. The molecule has 0 aliphatic carbocycles. The summed E-state index contributed by atoms with van der Waals surface area (Å²) in [5.41, 5.74) is 5.23. The number of allylic oxidation sites excluding steroid dienone is 1. The van der Waals surface area contributed by atoms with Crippen LogP contribution in [-0.2, 0) is 11.3 Å². The molecule has 1 fully saturated rings. The van der Waals surface area contributed by atoms with Crippen molar-refractivity contribution in [2.45, 2.75) is 38.8 Å². The Morgan fingerprint density at radius 3 is 2.10 bits per heavy atom. The first kappa shape index (κ1) is 28.8. The smallest absolute Gasteiger partial charge is 0.178 e. The zero-order valence-corrected chi connectivity index (χ0v) is 24.0. The number of rotatable bonds is 11. The van der Waals surface area contributed by atoms with E-state index >= 15 is 0 Å². The van der Waals surface area contributed by atoms with Gasteiger partial charge in [-0.1, -0.05) is 84.0 Å². The van der Waals surface area contributed by atoms with Crippen LogP contribution in [0.25, 0.3) is 11.6 Å². The molecular weight excluding hydrogens is 514 g/mol. The van der Waals surface area contributed by atoms with Gasteiger partial charge in [0.25, 0.3) is 0 Å². The van der Waals surface area contributed by atoms with Gasteiger partial charge in [-0.2, -0.15) is 0 Å². The maximum Gasteiger partial charge on any atom is 0.178 e. The third-order valence-corrected chi connectivity index (χ3v) is 7.50. The van der Waals surface area contributed by atoms with Crippen LogP contribution in [0.1, 0.15) is 48.0 Å². The van der Waals surface area contributed by atoms with Gasteiger partial charge < -0.3 is 19.1 Å². The number of para-hydroxylation sites is 1. The minimum absolute atomic E-state index is 0.180. The monoisotopic (exact) mass is 553 g/mol. The van der Waals surface area contributed by atoms with Gasteiger partial charge in [0.1, 0.15) is 17.5 Å². The lowest BCUT2D eigenvalue weighted by molar-refractivity contribution is -0.0771. The number of piperazine rings is 1. The van der Waals surface area contributed by atoms with Crippen molar-refractivity contribution in [1.29, 1.82) is 0 Å². The van der Waals surface area contributed by atoms with Crippen molar-refractivity contribution in [3.05, 3.63) is 119 Å². The van der Waals surface area contributed by atoms with Crippen LogP contribution in [0.2, 0.25) is 0 Å². The molecule has 0 bridgehead atoms. The number of aliphatic hydroxyl groups excluding tert-OH is 1. The maximum absolute atomic E-state index is 10.8. The van der Waals surface area contributed by atoms with E-state index in [-0.39, 0.29) is 6.04 Å². The predicted molar refractivity (Wildman–Crippen MR) is 161 cm³/mol. The van der Waals surface area contributed by atoms with E-state index in [2.05, 4.69) is 75.6 Å². The summed E-state index contributed by atoms with van der Waals surface area (Å²) in [5.74, 6) is 1.37. The van der Waals surface area contributed by atoms with Gasteiger partial charge in [-0.25, -0.2) is 0 Å². The number of ether oxygens (including phenoxy) is 2. The van der Waals surface area contributed by atoms with Crippen molar-refractivity contribution in [3.63, 3.8) is 0 Å². The second-order valence-electron chi connectivity index (χ2n) is 10.5. The summed E-state index contributed by atoms with van der Waals surface area (Å²) < 4.78 is 17.2. The third-order valence-electron chi connectivity index (χ3n) is 7.50. The van der Waals surface area contributed by atoms with E-state index in [4.69, 9.17) is 14.0 Å². The zero-order valence-electron chi connectivity index (χ0n) is 24.0. The largest absolute Gasteiger partial charge is 0.472 e. The SMILES string of the molecule is COCc1cc(/C=C(/C)c2ccccc2OC(C(C)O)N2CCN(C(c3ccccc3)c3ccccc3)CC2)on1. The molecule has 0 saturated carbocycles. The van der Waals surface area contributed by atoms with Crippen LogP contribution in [0.15, 0.2) is 95.5 Å². The molecule has 214 valence electrons. The lowest BCUT2D eigenvalue weighted by Crippen LogP contribution is -2.55. The van der Waals surface area contributed by atoms with Crippen LogP contribution >= 0.6 is 0 Å². The fourth-order valence-electron chi connectivity index (χ4n) is 5.54. The molecule has 2 atom stereocenters. The van der Waals surface area contributed by atoms with Gasteiger partial charge >= 0.3 is 0 Å². The van der Waals surface area contributed by atoms with Crippen LogP contribution < -0.4 is 4.74 Å². The molecule has 4 aromatic rings. The standard InChI is InChI=1S/C34H39N3O4/c1-25(22-30-23-29(24-39-3)35-41-30)31-16-10-11-17-32(31)40-34(26(2)38)37-20-18-36(19-21-37)33(27-12-6-4-7-13-27)28-14-8-5-9-15-28/h4-17,22-23,26,33-34,38H,18-21,24H2,1-3H3/b25-22-. The van der Waals surface area contributed by atoms with Gasteiger partial charge in [-0.15, -0.1) is 0 Å². The lowest BCUT2D eigenvalue weighted by Gasteiger charge is -2.43. The number of hydrogen-bond donors (Lipinski definition) is 1. The summed E-state index contributed by atoms with van der Waals surface area (Å²) in [6, 6.07) is 31.3. The third kappa shape index (κ3) is 7.13. The molecule has 7 nitrogen and oxygen atoms in total. The quantitative estimate of drug-likeness (QED) is 0.249. The number of methoxy groups -OCH3 is 1. The molecule has 1 N–H and O–H groups in total. The van der Waals surface area contributed by atoms with Crippen molar-refractivity contribution in [1.82, 2.24) is 15.0 Å². The predicted octanol–water partition coefficient (Wildman–Crippen LogP) is 5.87. The Kier molecular flexibility index (Phi) is 9.64. The number of nitrogens with zero attached hydrogens (tertiary/aromatic N) is 3.